The molecular weight excluding hydrogens is 404 g/mol. The number of benzene rings is 2. The molecule has 1 heterocycles. The quantitative estimate of drug-likeness (QED) is 0.624. The highest BCUT2D eigenvalue weighted by Gasteiger charge is 2.28. The van der Waals surface area contributed by atoms with Crippen LogP contribution in [0, 0.1) is 11.3 Å². The Morgan fingerprint density at radius 2 is 1.90 bits per heavy atom. The maximum absolute atomic E-state index is 12.8. The molecule has 1 aliphatic rings. The van der Waals surface area contributed by atoms with Gasteiger partial charge in [-0.3, -0.25) is 0 Å². The van der Waals surface area contributed by atoms with E-state index in [1.165, 1.54) is 4.31 Å². The molecule has 0 radical (unpaired) electrons. The normalized spacial score (nSPS) is 14.7. The summed E-state index contributed by atoms with van der Waals surface area (Å²) in [7, 11) is -3.56. The number of hydrogen-bond donors (Lipinski definition) is 2. The van der Waals surface area contributed by atoms with Crippen molar-refractivity contribution in [3.63, 3.8) is 0 Å². The van der Waals surface area contributed by atoms with Crippen LogP contribution >= 0.6 is 0 Å². The highest BCUT2D eigenvalue weighted by molar-refractivity contribution is 7.89. The zero-order valence-electron chi connectivity index (χ0n) is 16.5. The zero-order chi connectivity index (χ0) is 21.4. The molecule has 0 aromatic heterocycles. The second-order valence-electron chi connectivity index (χ2n) is 6.82. The Hall–Kier alpha value is -2.93. The first-order valence-corrected chi connectivity index (χ1v) is 11.1. The van der Waals surface area contributed by atoms with E-state index in [1.54, 1.807) is 42.5 Å². The maximum atomic E-state index is 12.8. The summed E-state index contributed by atoms with van der Waals surface area (Å²) in [6.45, 7) is 1.37. The molecule has 0 unspecified atom stereocenters. The van der Waals surface area contributed by atoms with Gasteiger partial charge in [-0.15, -0.1) is 0 Å². The minimum absolute atomic E-state index is 0.00762. The van der Waals surface area contributed by atoms with Crippen LogP contribution in [0.15, 0.2) is 58.6 Å². The molecule has 2 aromatic rings. The van der Waals surface area contributed by atoms with Crippen molar-refractivity contribution in [3.8, 4) is 6.07 Å². The zero-order valence-corrected chi connectivity index (χ0v) is 17.3. The Balaban J connectivity index is 1.53. The topological polar surface area (TPSA) is 115 Å². The van der Waals surface area contributed by atoms with E-state index in [9.17, 15) is 8.42 Å². The molecule has 2 N–H and O–H groups in total. The van der Waals surface area contributed by atoms with Gasteiger partial charge in [-0.2, -0.15) is 9.57 Å². The number of piperidine rings is 1. The number of aliphatic hydroxyl groups excluding tert-OH is 1. The van der Waals surface area contributed by atoms with Crippen LogP contribution in [-0.2, 0) is 21.5 Å². The van der Waals surface area contributed by atoms with Gasteiger partial charge in [-0.25, -0.2) is 8.42 Å². The predicted octanol–water partition coefficient (Wildman–Crippen LogP) is 2.32. The highest BCUT2D eigenvalue weighted by Crippen LogP contribution is 2.21. The number of aliphatic hydroxyl groups is 1. The summed E-state index contributed by atoms with van der Waals surface area (Å²) >= 11 is 0. The molecular formula is C21H24N4O4S. The summed E-state index contributed by atoms with van der Waals surface area (Å²) < 4.78 is 27.2. The van der Waals surface area contributed by atoms with Gasteiger partial charge in [0, 0.05) is 38.2 Å². The van der Waals surface area contributed by atoms with Gasteiger partial charge in [0.05, 0.1) is 28.8 Å². The molecule has 2 aromatic carbocycles. The molecule has 0 saturated carbocycles. The summed E-state index contributed by atoms with van der Waals surface area (Å²) in [6, 6.07) is 15.7. The number of oxime groups is 1. The van der Waals surface area contributed by atoms with Gasteiger partial charge in [0.15, 0.2) is 0 Å². The largest absolute Gasteiger partial charge is 0.395 e. The fourth-order valence-electron chi connectivity index (χ4n) is 3.10. The van der Waals surface area contributed by atoms with Crippen molar-refractivity contribution in [1.29, 1.82) is 5.26 Å². The number of nitrogens with zero attached hydrogens (tertiary/aromatic N) is 3. The number of nitriles is 1. The summed E-state index contributed by atoms with van der Waals surface area (Å²) in [5.41, 5.74) is 3.00. The van der Waals surface area contributed by atoms with Gasteiger partial charge in [-0.05, 0) is 42.0 Å². The number of hydrogen-bond acceptors (Lipinski definition) is 7. The van der Waals surface area contributed by atoms with E-state index >= 15 is 0 Å². The fourth-order valence-corrected chi connectivity index (χ4v) is 4.54. The smallest absolute Gasteiger partial charge is 0.243 e. The number of anilines is 1. The van der Waals surface area contributed by atoms with Crippen LogP contribution < -0.4 is 5.32 Å². The van der Waals surface area contributed by atoms with Crippen molar-refractivity contribution in [2.45, 2.75) is 24.3 Å². The fraction of sp³-hybridized carbons (Fsp3) is 0.333. The van der Waals surface area contributed by atoms with E-state index < -0.39 is 10.0 Å². The lowest BCUT2D eigenvalue weighted by Crippen LogP contribution is -2.38. The van der Waals surface area contributed by atoms with Crippen LogP contribution in [0.3, 0.4) is 0 Å². The van der Waals surface area contributed by atoms with E-state index in [1.807, 2.05) is 6.07 Å². The van der Waals surface area contributed by atoms with Crippen LogP contribution in [0.5, 0.6) is 0 Å². The highest BCUT2D eigenvalue weighted by atomic mass is 32.2. The minimum Gasteiger partial charge on any atom is -0.395 e. The van der Waals surface area contributed by atoms with Crippen LogP contribution in [0.4, 0.5) is 5.69 Å². The lowest BCUT2D eigenvalue weighted by molar-refractivity contribution is 0.128. The third-order valence-electron chi connectivity index (χ3n) is 4.71. The first-order chi connectivity index (χ1) is 14.5. The Kier molecular flexibility index (Phi) is 7.41. The molecule has 1 fully saturated rings. The molecule has 30 heavy (non-hydrogen) atoms. The number of rotatable bonds is 8. The van der Waals surface area contributed by atoms with E-state index in [4.69, 9.17) is 15.2 Å². The van der Waals surface area contributed by atoms with Crippen molar-refractivity contribution in [2.24, 2.45) is 5.16 Å². The Morgan fingerprint density at radius 3 is 2.57 bits per heavy atom. The molecule has 0 atom stereocenters. The Bertz CT molecular complexity index is 1020. The van der Waals surface area contributed by atoms with Gasteiger partial charge in [-0.1, -0.05) is 17.3 Å². The van der Waals surface area contributed by atoms with Gasteiger partial charge in [0.2, 0.25) is 10.0 Å². The van der Waals surface area contributed by atoms with Gasteiger partial charge >= 0.3 is 0 Å². The minimum atomic E-state index is -3.56. The average Bonchev–Trinajstić information content (AvgIpc) is 2.78. The molecule has 0 aliphatic carbocycles. The molecule has 1 saturated heterocycles. The molecule has 8 nitrogen and oxygen atoms in total. The second-order valence-corrected chi connectivity index (χ2v) is 8.76. The summed E-state index contributed by atoms with van der Waals surface area (Å²) in [6.07, 6.45) is 1.02. The van der Waals surface area contributed by atoms with Crippen molar-refractivity contribution in [3.05, 3.63) is 59.7 Å². The average molecular weight is 429 g/mol. The number of sulfonamides is 1. The standard InChI is InChI=1S/C21H24N4O4S/c22-15-17-2-1-3-18(14-17)16-29-24-20-8-11-25(12-9-20)30(27,28)21-6-4-19(5-7-21)23-10-13-26/h1-7,14,23,26H,8-13,16H2. The van der Waals surface area contributed by atoms with Crippen LogP contribution in [0.1, 0.15) is 24.0 Å². The third-order valence-corrected chi connectivity index (χ3v) is 6.63. The molecule has 3 rings (SSSR count). The van der Waals surface area contributed by atoms with E-state index in [0.29, 0.717) is 38.0 Å². The molecule has 1 aliphatic heterocycles. The van der Waals surface area contributed by atoms with Gasteiger partial charge in [0.1, 0.15) is 6.61 Å². The van der Waals surface area contributed by atoms with Crippen molar-refractivity contribution in [1.82, 2.24) is 4.31 Å². The summed E-state index contributed by atoms with van der Waals surface area (Å²) in [5, 5.41) is 24.9. The van der Waals surface area contributed by atoms with E-state index in [-0.39, 0.29) is 18.1 Å². The first kappa shape index (κ1) is 21.8. The van der Waals surface area contributed by atoms with E-state index in [0.717, 1.165) is 17.0 Å². The molecule has 0 spiro atoms. The second kappa shape index (κ2) is 10.2. The van der Waals surface area contributed by atoms with Gasteiger partial charge < -0.3 is 15.3 Å². The van der Waals surface area contributed by atoms with Crippen LogP contribution in [0.2, 0.25) is 0 Å². The van der Waals surface area contributed by atoms with Crippen molar-refractivity contribution in [2.75, 3.05) is 31.6 Å². The molecule has 0 bridgehead atoms. The summed E-state index contributed by atoms with van der Waals surface area (Å²) in [4.78, 5) is 5.64. The first-order valence-electron chi connectivity index (χ1n) is 9.64. The number of nitrogens with one attached hydrogen (secondary N) is 1. The summed E-state index contributed by atoms with van der Waals surface area (Å²) in [5.74, 6) is 0. The van der Waals surface area contributed by atoms with Gasteiger partial charge in [0.25, 0.3) is 0 Å². The lowest BCUT2D eigenvalue weighted by atomic mass is 10.1. The Labute approximate surface area is 176 Å². The molecule has 158 valence electrons. The lowest BCUT2D eigenvalue weighted by Gasteiger charge is -2.26. The SMILES string of the molecule is N#Cc1cccc(CON=C2CCN(S(=O)(=O)c3ccc(NCCO)cc3)CC2)c1. The van der Waals surface area contributed by atoms with E-state index in [2.05, 4.69) is 16.5 Å². The van der Waals surface area contributed by atoms with Crippen molar-refractivity contribution < 1.29 is 18.4 Å². The Morgan fingerprint density at radius 1 is 1.17 bits per heavy atom. The third kappa shape index (κ3) is 5.57. The monoisotopic (exact) mass is 428 g/mol. The van der Waals surface area contributed by atoms with Crippen LogP contribution in [0.25, 0.3) is 0 Å². The molecule has 9 heteroatoms. The van der Waals surface area contributed by atoms with Crippen LogP contribution in [-0.4, -0.2) is 49.8 Å². The van der Waals surface area contributed by atoms with Crippen molar-refractivity contribution >= 4 is 21.4 Å². The maximum Gasteiger partial charge on any atom is 0.243 e. The predicted molar refractivity (Wildman–Crippen MR) is 113 cm³/mol. The molecule has 0 amide bonds.